The lowest BCUT2D eigenvalue weighted by Crippen LogP contribution is -2.43. The van der Waals surface area contributed by atoms with E-state index in [4.69, 9.17) is 23.2 Å². The summed E-state index contributed by atoms with van der Waals surface area (Å²) >= 11 is 12.1. The summed E-state index contributed by atoms with van der Waals surface area (Å²) in [4.78, 5) is 2.41. The summed E-state index contributed by atoms with van der Waals surface area (Å²) in [6.45, 7) is 4.73. The minimum absolute atomic E-state index is 0.746. The molecule has 0 saturated carbocycles. The largest absolute Gasteiger partial charge is 0.295 e. The lowest BCUT2D eigenvalue weighted by Gasteiger charge is -2.33. The van der Waals surface area contributed by atoms with Crippen molar-refractivity contribution in [2.24, 2.45) is 5.10 Å². The molecule has 2 aromatic carbocycles. The van der Waals surface area contributed by atoms with E-state index in [1.54, 1.807) is 0 Å². The van der Waals surface area contributed by atoms with Gasteiger partial charge in [0.2, 0.25) is 0 Å². The molecule has 1 saturated heterocycles. The van der Waals surface area contributed by atoms with E-state index in [9.17, 15) is 0 Å². The third kappa shape index (κ3) is 4.71. The standard InChI is InChI=1S/C18H19Cl2N3/c19-17-7-5-15(6-8-17)13-21-23-11-9-22(10-12-23)14-16-3-1-2-4-18(16)20/h1-8,13H,9-12,14H2/b21-13+. The molecule has 0 radical (unpaired) electrons. The van der Waals surface area contributed by atoms with Crippen LogP contribution in [0.5, 0.6) is 0 Å². The van der Waals surface area contributed by atoms with E-state index in [1.807, 2.05) is 48.7 Å². The zero-order chi connectivity index (χ0) is 16.1. The van der Waals surface area contributed by atoms with Gasteiger partial charge in [-0.05, 0) is 29.3 Å². The van der Waals surface area contributed by atoms with Crippen molar-refractivity contribution in [3.8, 4) is 0 Å². The molecule has 0 atom stereocenters. The third-order valence-electron chi connectivity index (χ3n) is 3.94. The molecule has 3 nitrogen and oxygen atoms in total. The van der Waals surface area contributed by atoms with Crippen LogP contribution >= 0.6 is 23.2 Å². The number of nitrogens with zero attached hydrogens (tertiary/aromatic N) is 3. The van der Waals surface area contributed by atoms with Crippen molar-refractivity contribution in [1.29, 1.82) is 0 Å². The predicted molar refractivity (Wildman–Crippen MR) is 97.3 cm³/mol. The molecule has 5 heteroatoms. The van der Waals surface area contributed by atoms with Gasteiger partial charge in [0.05, 0.1) is 6.21 Å². The van der Waals surface area contributed by atoms with Crippen LogP contribution in [0, 0.1) is 0 Å². The van der Waals surface area contributed by atoms with Gasteiger partial charge in [-0.25, -0.2) is 0 Å². The van der Waals surface area contributed by atoms with Crippen molar-refractivity contribution in [3.63, 3.8) is 0 Å². The zero-order valence-electron chi connectivity index (χ0n) is 12.8. The second-order valence-corrected chi connectivity index (χ2v) is 6.46. The quantitative estimate of drug-likeness (QED) is 0.773. The molecule has 0 spiro atoms. The van der Waals surface area contributed by atoms with Crippen LogP contribution in [0.25, 0.3) is 0 Å². The molecule has 2 aromatic rings. The highest BCUT2D eigenvalue weighted by Gasteiger charge is 2.16. The first-order chi connectivity index (χ1) is 11.2. The monoisotopic (exact) mass is 347 g/mol. The Kier molecular flexibility index (Phi) is 5.55. The fourth-order valence-corrected chi connectivity index (χ4v) is 2.90. The van der Waals surface area contributed by atoms with Gasteiger partial charge in [0, 0.05) is 42.8 Å². The van der Waals surface area contributed by atoms with Crippen LogP contribution < -0.4 is 0 Å². The summed E-state index contributed by atoms with van der Waals surface area (Å²) in [5, 5.41) is 8.25. The van der Waals surface area contributed by atoms with E-state index < -0.39 is 0 Å². The minimum atomic E-state index is 0.746. The highest BCUT2D eigenvalue weighted by molar-refractivity contribution is 6.31. The van der Waals surface area contributed by atoms with Gasteiger partial charge in [-0.15, -0.1) is 0 Å². The van der Waals surface area contributed by atoms with E-state index >= 15 is 0 Å². The Morgan fingerprint density at radius 3 is 2.30 bits per heavy atom. The minimum Gasteiger partial charge on any atom is -0.295 e. The predicted octanol–water partition coefficient (Wildman–Crippen LogP) is 4.15. The van der Waals surface area contributed by atoms with Crippen LogP contribution in [-0.4, -0.2) is 42.3 Å². The van der Waals surface area contributed by atoms with E-state index in [0.717, 1.165) is 48.3 Å². The van der Waals surface area contributed by atoms with Gasteiger partial charge in [0.1, 0.15) is 0 Å². The molecule has 1 aliphatic rings. The number of hydrazone groups is 1. The average Bonchev–Trinajstić information content (AvgIpc) is 2.58. The molecule has 120 valence electrons. The molecule has 23 heavy (non-hydrogen) atoms. The first kappa shape index (κ1) is 16.3. The van der Waals surface area contributed by atoms with Crippen LogP contribution in [-0.2, 0) is 6.54 Å². The summed E-state index contributed by atoms with van der Waals surface area (Å²) in [6.07, 6.45) is 1.89. The Morgan fingerprint density at radius 1 is 0.913 bits per heavy atom. The van der Waals surface area contributed by atoms with Crippen molar-refractivity contribution in [2.75, 3.05) is 26.2 Å². The van der Waals surface area contributed by atoms with Gasteiger partial charge in [-0.3, -0.25) is 9.91 Å². The second-order valence-electron chi connectivity index (χ2n) is 5.62. The van der Waals surface area contributed by atoms with Crippen LogP contribution in [0.3, 0.4) is 0 Å². The summed E-state index contributed by atoms with van der Waals surface area (Å²) < 4.78 is 0. The lowest BCUT2D eigenvalue weighted by atomic mass is 10.2. The zero-order valence-corrected chi connectivity index (χ0v) is 14.3. The van der Waals surface area contributed by atoms with Gasteiger partial charge in [0.15, 0.2) is 0 Å². The summed E-state index contributed by atoms with van der Waals surface area (Å²) in [5.41, 5.74) is 2.25. The highest BCUT2D eigenvalue weighted by atomic mass is 35.5. The lowest BCUT2D eigenvalue weighted by molar-refractivity contribution is 0.131. The van der Waals surface area contributed by atoms with Crippen molar-refractivity contribution in [3.05, 3.63) is 69.7 Å². The number of hydrogen-bond donors (Lipinski definition) is 0. The third-order valence-corrected chi connectivity index (χ3v) is 4.56. The Hall–Kier alpha value is -1.55. The first-order valence-electron chi connectivity index (χ1n) is 7.71. The molecule has 0 N–H and O–H groups in total. The molecular weight excluding hydrogens is 329 g/mol. The van der Waals surface area contributed by atoms with Crippen molar-refractivity contribution >= 4 is 29.4 Å². The molecule has 3 rings (SSSR count). The summed E-state index contributed by atoms with van der Waals surface area (Å²) in [5.74, 6) is 0. The Labute approximate surface area is 147 Å². The van der Waals surface area contributed by atoms with Crippen LogP contribution in [0.1, 0.15) is 11.1 Å². The molecule has 0 aliphatic carbocycles. The topological polar surface area (TPSA) is 18.8 Å². The second kappa shape index (κ2) is 7.82. The van der Waals surface area contributed by atoms with Gasteiger partial charge in [0.25, 0.3) is 0 Å². The Balaban J connectivity index is 1.50. The van der Waals surface area contributed by atoms with Gasteiger partial charge < -0.3 is 0 Å². The van der Waals surface area contributed by atoms with E-state index in [0.29, 0.717) is 0 Å². The molecule has 0 amide bonds. The summed E-state index contributed by atoms with van der Waals surface area (Å²) in [7, 11) is 0. The molecule has 0 aromatic heterocycles. The number of rotatable bonds is 4. The maximum atomic E-state index is 6.23. The highest BCUT2D eigenvalue weighted by Crippen LogP contribution is 2.18. The van der Waals surface area contributed by atoms with Crippen LogP contribution in [0.15, 0.2) is 53.6 Å². The number of hydrogen-bond acceptors (Lipinski definition) is 3. The van der Waals surface area contributed by atoms with Crippen LogP contribution in [0.4, 0.5) is 0 Å². The Morgan fingerprint density at radius 2 is 1.61 bits per heavy atom. The van der Waals surface area contributed by atoms with E-state index in [-0.39, 0.29) is 0 Å². The van der Waals surface area contributed by atoms with Crippen LogP contribution in [0.2, 0.25) is 10.0 Å². The van der Waals surface area contributed by atoms with E-state index in [1.165, 1.54) is 5.56 Å². The fourth-order valence-electron chi connectivity index (χ4n) is 2.58. The normalized spacial score (nSPS) is 16.2. The first-order valence-corrected chi connectivity index (χ1v) is 8.46. The van der Waals surface area contributed by atoms with Crippen molar-refractivity contribution < 1.29 is 0 Å². The van der Waals surface area contributed by atoms with Gasteiger partial charge in [-0.1, -0.05) is 53.5 Å². The molecule has 1 fully saturated rings. The molecule has 0 unspecified atom stereocenters. The number of piperazine rings is 1. The smallest absolute Gasteiger partial charge is 0.0542 e. The molecule has 0 bridgehead atoms. The fraction of sp³-hybridized carbons (Fsp3) is 0.278. The molecular formula is C18H19Cl2N3. The number of halogens is 2. The van der Waals surface area contributed by atoms with E-state index in [2.05, 4.69) is 21.1 Å². The van der Waals surface area contributed by atoms with Crippen molar-refractivity contribution in [1.82, 2.24) is 9.91 Å². The van der Waals surface area contributed by atoms with Gasteiger partial charge >= 0.3 is 0 Å². The number of benzene rings is 2. The molecule has 1 heterocycles. The Bertz CT molecular complexity index is 662. The average molecular weight is 348 g/mol. The maximum Gasteiger partial charge on any atom is 0.0542 e. The molecule has 1 aliphatic heterocycles. The van der Waals surface area contributed by atoms with Gasteiger partial charge in [-0.2, -0.15) is 5.10 Å². The SMILES string of the molecule is Clc1ccc(/C=N/N2CCN(Cc3ccccc3Cl)CC2)cc1. The maximum absolute atomic E-state index is 6.23. The summed E-state index contributed by atoms with van der Waals surface area (Å²) in [6, 6.07) is 15.7. The van der Waals surface area contributed by atoms with Crippen molar-refractivity contribution in [2.45, 2.75) is 6.54 Å².